The largest absolute Gasteiger partial charge is 0.361 e. The fourth-order valence-electron chi connectivity index (χ4n) is 3.46. The Bertz CT molecular complexity index is 1080. The highest BCUT2D eigenvalue weighted by Gasteiger charge is 2.10. The Morgan fingerprint density at radius 3 is 2.74 bits per heavy atom. The number of rotatable bonds is 5. The van der Waals surface area contributed by atoms with Crippen molar-refractivity contribution in [3.05, 3.63) is 84.1 Å². The van der Waals surface area contributed by atoms with Crippen LogP contribution in [0.15, 0.2) is 72.9 Å². The van der Waals surface area contributed by atoms with Gasteiger partial charge in [0, 0.05) is 37.2 Å². The minimum Gasteiger partial charge on any atom is -0.361 e. The first-order valence-electron chi connectivity index (χ1n) is 9.22. The number of carbonyl (C=O) groups is 1. The van der Waals surface area contributed by atoms with E-state index < -0.39 is 0 Å². The van der Waals surface area contributed by atoms with Crippen molar-refractivity contribution in [1.82, 2.24) is 15.2 Å². The molecule has 27 heavy (non-hydrogen) atoms. The van der Waals surface area contributed by atoms with E-state index >= 15 is 0 Å². The van der Waals surface area contributed by atoms with E-state index in [1.54, 1.807) is 4.90 Å². The van der Waals surface area contributed by atoms with Crippen LogP contribution in [0.3, 0.4) is 0 Å². The van der Waals surface area contributed by atoms with Gasteiger partial charge in [0.2, 0.25) is 0 Å². The fraction of sp³-hybridized carbons (Fsp3) is 0.174. The van der Waals surface area contributed by atoms with Crippen LogP contribution in [0.4, 0.5) is 4.79 Å². The number of H-pyrrole nitrogens is 1. The minimum absolute atomic E-state index is 0.0525. The van der Waals surface area contributed by atoms with Gasteiger partial charge in [0.1, 0.15) is 0 Å². The molecule has 2 N–H and O–H groups in total. The lowest BCUT2D eigenvalue weighted by atomic mass is 10.1. The molecule has 4 nitrogen and oxygen atoms in total. The summed E-state index contributed by atoms with van der Waals surface area (Å²) in [6.07, 6.45) is 2.75. The Labute approximate surface area is 158 Å². The first-order valence-corrected chi connectivity index (χ1v) is 9.22. The van der Waals surface area contributed by atoms with Crippen LogP contribution in [0, 0.1) is 0 Å². The third kappa shape index (κ3) is 3.80. The second-order valence-electron chi connectivity index (χ2n) is 6.88. The summed E-state index contributed by atoms with van der Waals surface area (Å²) in [5, 5.41) is 6.65. The van der Waals surface area contributed by atoms with Crippen molar-refractivity contribution in [2.24, 2.45) is 0 Å². The number of hydrogen-bond donors (Lipinski definition) is 2. The molecule has 136 valence electrons. The summed E-state index contributed by atoms with van der Waals surface area (Å²) in [6, 6.07) is 22.9. The molecule has 0 saturated heterocycles. The molecule has 0 aliphatic carbocycles. The van der Waals surface area contributed by atoms with Gasteiger partial charge in [-0.2, -0.15) is 0 Å². The Morgan fingerprint density at radius 1 is 1.00 bits per heavy atom. The molecule has 0 fully saturated rings. The second-order valence-corrected chi connectivity index (χ2v) is 6.88. The minimum atomic E-state index is -0.0525. The van der Waals surface area contributed by atoms with E-state index in [4.69, 9.17) is 0 Å². The van der Waals surface area contributed by atoms with Gasteiger partial charge in [-0.3, -0.25) is 0 Å². The van der Waals surface area contributed by atoms with Crippen molar-refractivity contribution in [3.8, 4) is 0 Å². The topological polar surface area (TPSA) is 48.1 Å². The molecule has 0 unspecified atom stereocenters. The lowest BCUT2D eigenvalue weighted by Gasteiger charge is -2.18. The lowest BCUT2D eigenvalue weighted by molar-refractivity contribution is 0.207. The van der Waals surface area contributed by atoms with Crippen LogP contribution in [-0.2, 0) is 13.0 Å². The van der Waals surface area contributed by atoms with Gasteiger partial charge < -0.3 is 15.2 Å². The van der Waals surface area contributed by atoms with E-state index in [1.165, 1.54) is 16.3 Å². The van der Waals surface area contributed by atoms with E-state index in [2.05, 4.69) is 52.8 Å². The second kappa shape index (κ2) is 7.54. The van der Waals surface area contributed by atoms with Crippen LogP contribution in [0.5, 0.6) is 0 Å². The summed E-state index contributed by atoms with van der Waals surface area (Å²) in [5.41, 5.74) is 3.47. The van der Waals surface area contributed by atoms with Crippen LogP contribution >= 0.6 is 0 Å². The van der Waals surface area contributed by atoms with E-state index in [0.717, 1.165) is 22.9 Å². The van der Waals surface area contributed by atoms with Crippen molar-refractivity contribution < 1.29 is 4.79 Å². The third-order valence-corrected chi connectivity index (χ3v) is 4.94. The predicted molar refractivity (Wildman–Crippen MR) is 111 cm³/mol. The zero-order valence-corrected chi connectivity index (χ0v) is 15.4. The predicted octanol–water partition coefficient (Wildman–Crippen LogP) is 4.71. The van der Waals surface area contributed by atoms with Gasteiger partial charge >= 0.3 is 6.03 Å². The number of hydrogen-bond acceptors (Lipinski definition) is 1. The molecule has 0 bridgehead atoms. The van der Waals surface area contributed by atoms with Crippen LogP contribution in [-0.4, -0.2) is 29.5 Å². The molecular formula is C23H23N3O. The van der Waals surface area contributed by atoms with Gasteiger partial charge in [-0.15, -0.1) is 0 Å². The summed E-state index contributed by atoms with van der Waals surface area (Å²) in [7, 11) is 1.83. The maximum atomic E-state index is 12.4. The van der Waals surface area contributed by atoms with Crippen LogP contribution in [0.25, 0.3) is 21.7 Å². The molecule has 0 radical (unpaired) electrons. The van der Waals surface area contributed by atoms with Crippen molar-refractivity contribution in [3.63, 3.8) is 0 Å². The highest BCUT2D eigenvalue weighted by Crippen LogP contribution is 2.19. The zero-order chi connectivity index (χ0) is 18.6. The number of aromatic nitrogens is 1. The number of aromatic amines is 1. The zero-order valence-electron chi connectivity index (χ0n) is 15.4. The monoisotopic (exact) mass is 357 g/mol. The quantitative estimate of drug-likeness (QED) is 0.534. The standard InChI is InChI=1S/C23H23N3O/c1-26(16-20-7-4-8-22-21(20)12-14-24-22)23(27)25-13-11-17-9-10-18-5-2-3-6-19(18)15-17/h2-10,12,14-15,24H,11,13,16H2,1H3,(H,25,27). The molecule has 3 aromatic carbocycles. The smallest absolute Gasteiger partial charge is 0.317 e. The summed E-state index contributed by atoms with van der Waals surface area (Å²) in [4.78, 5) is 17.4. The molecule has 0 spiro atoms. The molecule has 2 amide bonds. The summed E-state index contributed by atoms with van der Waals surface area (Å²) < 4.78 is 0. The Balaban J connectivity index is 1.33. The Hall–Kier alpha value is -3.27. The van der Waals surface area contributed by atoms with E-state index in [0.29, 0.717) is 13.1 Å². The van der Waals surface area contributed by atoms with Gasteiger partial charge in [0.25, 0.3) is 0 Å². The first kappa shape index (κ1) is 17.2. The van der Waals surface area contributed by atoms with Gasteiger partial charge in [0.15, 0.2) is 0 Å². The highest BCUT2D eigenvalue weighted by molar-refractivity contribution is 5.84. The summed E-state index contributed by atoms with van der Waals surface area (Å²) >= 11 is 0. The van der Waals surface area contributed by atoms with Gasteiger partial charge in [0.05, 0.1) is 0 Å². The van der Waals surface area contributed by atoms with Gasteiger partial charge in [-0.25, -0.2) is 4.79 Å². The van der Waals surface area contributed by atoms with Crippen molar-refractivity contribution in [1.29, 1.82) is 0 Å². The summed E-state index contributed by atoms with van der Waals surface area (Å²) in [6.45, 7) is 1.20. The fourth-order valence-corrected chi connectivity index (χ4v) is 3.46. The van der Waals surface area contributed by atoms with E-state index in [9.17, 15) is 4.79 Å². The highest BCUT2D eigenvalue weighted by atomic mass is 16.2. The molecule has 0 saturated carbocycles. The lowest BCUT2D eigenvalue weighted by Crippen LogP contribution is -2.37. The molecule has 4 rings (SSSR count). The maximum Gasteiger partial charge on any atom is 0.317 e. The summed E-state index contributed by atoms with van der Waals surface area (Å²) in [5.74, 6) is 0. The molecular weight excluding hydrogens is 334 g/mol. The van der Waals surface area contributed by atoms with E-state index in [1.807, 2.05) is 37.5 Å². The average molecular weight is 357 g/mol. The maximum absolute atomic E-state index is 12.4. The molecule has 4 aromatic rings. The molecule has 1 aromatic heterocycles. The van der Waals surface area contributed by atoms with Crippen molar-refractivity contribution in [2.75, 3.05) is 13.6 Å². The molecule has 1 heterocycles. The number of nitrogens with zero attached hydrogens (tertiary/aromatic N) is 1. The normalized spacial score (nSPS) is 11.0. The van der Waals surface area contributed by atoms with Crippen LogP contribution < -0.4 is 5.32 Å². The van der Waals surface area contributed by atoms with Gasteiger partial charge in [-0.1, -0.05) is 54.6 Å². The number of benzene rings is 3. The van der Waals surface area contributed by atoms with Crippen LogP contribution in [0.1, 0.15) is 11.1 Å². The van der Waals surface area contributed by atoms with E-state index in [-0.39, 0.29) is 6.03 Å². The van der Waals surface area contributed by atoms with Crippen LogP contribution in [0.2, 0.25) is 0 Å². The Kier molecular flexibility index (Phi) is 4.79. The first-order chi connectivity index (χ1) is 13.2. The molecule has 0 aliphatic rings. The molecule has 0 aliphatic heterocycles. The number of nitrogens with one attached hydrogen (secondary N) is 2. The Morgan fingerprint density at radius 2 is 1.85 bits per heavy atom. The van der Waals surface area contributed by atoms with Gasteiger partial charge in [-0.05, 0) is 40.5 Å². The third-order valence-electron chi connectivity index (χ3n) is 4.94. The molecule has 4 heteroatoms. The molecule has 0 atom stereocenters. The SMILES string of the molecule is CN(Cc1cccc2[nH]ccc12)C(=O)NCCc1ccc2ccccc2c1. The number of carbonyl (C=O) groups excluding carboxylic acids is 1. The van der Waals surface area contributed by atoms with Crippen molar-refractivity contribution in [2.45, 2.75) is 13.0 Å². The average Bonchev–Trinajstić information content (AvgIpc) is 3.17. The van der Waals surface area contributed by atoms with Crippen molar-refractivity contribution >= 4 is 27.7 Å². The number of amides is 2. The number of urea groups is 1. The number of fused-ring (bicyclic) bond motifs is 2.